The number of rotatable bonds is 2. The summed E-state index contributed by atoms with van der Waals surface area (Å²) in [4.78, 5) is 27.8. The average molecular weight is 422 g/mol. The summed E-state index contributed by atoms with van der Waals surface area (Å²) in [5.74, 6) is -0.136. The first-order chi connectivity index (χ1) is 14.0. The topological polar surface area (TPSA) is 70.7 Å². The number of amides is 2. The van der Waals surface area contributed by atoms with Gasteiger partial charge in [-0.15, -0.1) is 0 Å². The molecular formula is C22H32ClN3O3. The van der Waals surface area contributed by atoms with E-state index < -0.39 is 11.5 Å². The Kier molecular flexibility index (Phi) is 7.92. The molecule has 0 aromatic heterocycles. The van der Waals surface area contributed by atoms with Gasteiger partial charge in [0.15, 0.2) is 0 Å². The molecule has 2 amide bonds. The van der Waals surface area contributed by atoms with Crippen molar-refractivity contribution in [1.82, 2.24) is 15.5 Å². The smallest absolute Gasteiger partial charge is 0.242 e. The summed E-state index contributed by atoms with van der Waals surface area (Å²) in [5, 5.41) is 6.54. The molecule has 29 heavy (non-hydrogen) atoms. The van der Waals surface area contributed by atoms with E-state index in [1.54, 1.807) is 6.92 Å². The largest absolute Gasteiger partial charge is 0.380 e. The molecule has 0 aliphatic carbocycles. The predicted octanol–water partition coefficient (Wildman–Crippen LogP) is 2.74. The molecule has 1 spiro atoms. The Bertz CT molecular complexity index is 687. The van der Waals surface area contributed by atoms with Gasteiger partial charge in [-0.2, -0.15) is 0 Å². The zero-order chi connectivity index (χ0) is 20.7. The van der Waals surface area contributed by atoms with Crippen molar-refractivity contribution in [2.45, 2.75) is 51.6 Å². The summed E-state index contributed by atoms with van der Waals surface area (Å²) in [5.41, 5.74) is 0.825. The van der Waals surface area contributed by atoms with Crippen LogP contribution in [-0.2, 0) is 20.9 Å². The second-order valence-electron chi connectivity index (χ2n) is 8.24. The van der Waals surface area contributed by atoms with Crippen LogP contribution in [0.3, 0.4) is 0 Å². The highest BCUT2D eigenvalue weighted by atomic mass is 35.5. The number of carbonyl (C=O) groups is 2. The Balaban J connectivity index is 1.63. The third kappa shape index (κ3) is 6.17. The molecule has 0 unspecified atom stereocenters. The van der Waals surface area contributed by atoms with E-state index in [-0.39, 0.29) is 11.8 Å². The predicted molar refractivity (Wildman–Crippen MR) is 114 cm³/mol. The maximum Gasteiger partial charge on any atom is 0.242 e. The van der Waals surface area contributed by atoms with E-state index in [9.17, 15) is 9.59 Å². The zero-order valence-electron chi connectivity index (χ0n) is 17.2. The van der Waals surface area contributed by atoms with Gasteiger partial charge in [0.05, 0.1) is 12.0 Å². The second kappa shape index (κ2) is 10.4. The lowest BCUT2D eigenvalue weighted by Crippen LogP contribution is -2.53. The Morgan fingerprint density at radius 1 is 1.10 bits per heavy atom. The molecule has 1 aromatic rings. The second-order valence-corrected chi connectivity index (χ2v) is 8.68. The Morgan fingerprint density at radius 2 is 1.83 bits per heavy atom. The maximum atomic E-state index is 13.2. The van der Waals surface area contributed by atoms with Gasteiger partial charge in [-0.1, -0.05) is 30.2 Å². The van der Waals surface area contributed by atoms with Crippen molar-refractivity contribution in [1.29, 1.82) is 0 Å². The lowest BCUT2D eigenvalue weighted by molar-refractivity contribution is -0.138. The van der Waals surface area contributed by atoms with Gasteiger partial charge in [-0.25, -0.2) is 0 Å². The fraction of sp³-hybridized carbons (Fsp3) is 0.636. The van der Waals surface area contributed by atoms with E-state index in [1.165, 1.54) is 5.56 Å². The normalized spacial score (nSPS) is 24.7. The fourth-order valence-electron chi connectivity index (χ4n) is 4.16. The summed E-state index contributed by atoms with van der Waals surface area (Å²) in [6.07, 6.45) is 4.35. The van der Waals surface area contributed by atoms with Crippen LogP contribution in [0.15, 0.2) is 24.3 Å². The molecule has 6 nitrogen and oxygen atoms in total. The molecule has 2 saturated heterocycles. The highest BCUT2D eigenvalue weighted by Crippen LogP contribution is 2.37. The van der Waals surface area contributed by atoms with E-state index in [1.807, 2.05) is 12.1 Å². The Labute approximate surface area is 178 Å². The van der Waals surface area contributed by atoms with Crippen LogP contribution in [0, 0.1) is 5.41 Å². The zero-order valence-corrected chi connectivity index (χ0v) is 18.0. The first-order valence-electron chi connectivity index (χ1n) is 10.6. The molecule has 0 saturated carbocycles. The molecule has 2 N–H and O–H groups in total. The molecular weight excluding hydrogens is 390 g/mol. The van der Waals surface area contributed by atoms with Crippen LogP contribution in [0.2, 0.25) is 5.02 Å². The van der Waals surface area contributed by atoms with Crippen LogP contribution in [0.25, 0.3) is 0 Å². The number of benzene rings is 1. The van der Waals surface area contributed by atoms with Gasteiger partial charge < -0.3 is 15.4 Å². The molecule has 0 radical (unpaired) electrons. The number of carbonyl (C=O) groups excluding carboxylic acids is 2. The molecule has 160 valence electrons. The van der Waals surface area contributed by atoms with E-state index in [0.29, 0.717) is 19.8 Å². The summed E-state index contributed by atoms with van der Waals surface area (Å²) < 4.78 is 5.59. The summed E-state index contributed by atoms with van der Waals surface area (Å²) >= 11 is 5.98. The third-order valence-electron chi connectivity index (χ3n) is 6.09. The standard InChI is InChI=1S/C22H32ClN3O3/c1-17-20(27)24-11-15-29-14-3-2-8-22(21(28)25-17)9-12-26(13-10-22)16-18-4-6-19(23)7-5-18/h4-7,17H,2-3,8-16H2,1H3,(H,24,27)(H,25,28)/t17-/m0/s1. The minimum Gasteiger partial charge on any atom is -0.380 e. The van der Waals surface area contributed by atoms with Crippen molar-refractivity contribution in [3.63, 3.8) is 0 Å². The van der Waals surface area contributed by atoms with Crippen molar-refractivity contribution in [3.8, 4) is 0 Å². The molecule has 1 aromatic carbocycles. The third-order valence-corrected chi connectivity index (χ3v) is 6.35. The van der Waals surface area contributed by atoms with E-state index in [4.69, 9.17) is 16.3 Å². The van der Waals surface area contributed by atoms with E-state index >= 15 is 0 Å². The van der Waals surface area contributed by atoms with Crippen LogP contribution < -0.4 is 10.6 Å². The van der Waals surface area contributed by atoms with Crippen LogP contribution in [0.5, 0.6) is 0 Å². The number of nitrogens with one attached hydrogen (secondary N) is 2. The molecule has 2 aliphatic rings. The van der Waals surface area contributed by atoms with Gasteiger partial charge in [-0.3, -0.25) is 14.5 Å². The van der Waals surface area contributed by atoms with Gasteiger partial charge in [0.2, 0.25) is 11.8 Å². The lowest BCUT2D eigenvalue weighted by atomic mass is 9.73. The number of hydrogen-bond acceptors (Lipinski definition) is 4. The molecule has 3 rings (SSSR count). The van der Waals surface area contributed by atoms with Gasteiger partial charge in [0.1, 0.15) is 6.04 Å². The Morgan fingerprint density at radius 3 is 2.55 bits per heavy atom. The number of nitrogens with zero attached hydrogens (tertiary/aromatic N) is 1. The van der Waals surface area contributed by atoms with Gasteiger partial charge in [0, 0.05) is 24.7 Å². The molecule has 0 bridgehead atoms. The average Bonchev–Trinajstić information content (AvgIpc) is 2.72. The maximum absolute atomic E-state index is 13.2. The summed E-state index contributed by atoms with van der Waals surface area (Å²) in [7, 11) is 0. The Hall–Kier alpha value is -1.63. The fourth-order valence-corrected chi connectivity index (χ4v) is 4.29. The quantitative estimate of drug-likeness (QED) is 0.770. The van der Waals surface area contributed by atoms with Gasteiger partial charge >= 0.3 is 0 Å². The first-order valence-corrected chi connectivity index (χ1v) is 11.0. The first kappa shape index (κ1) is 22.1. The highest BCUT2D eigenvalue weighted by molar-refractivity contribution is 6.30. The highest BCUT2D eigenvalue weighted by Gasteiger charge is 2.41. The van der Waals surface area contributed by atoms with Gasteiger partial charge in [-0.05, 0) is 63.4 Å². The monoisotopic (exact) mass is 421 g/mol. The van der Waals surface area contributed by atoms with Crippen LogP contribution in [0.1, 0.15) is 44.6 Å². The van der Waals surface area contributed by atoms with Crippen molar-refractivity contribution in [3.05, 3.63) is 34.9 Å². The van der Waals surface area contributed by atoms with Crippen LogP contribution in [0.4, 0.5) is 0 Å². The lowest BCUT2D eigenvalue weighted by Gasteiger charge is -2.41. The van der Waals surface area contributed by atoms with Crippen molar-refractivity contribution in [2.24, 2.45) is 5.41 Å². The van der Waals surface area contributed by atoms with Crippen LogP contribution in [-0.4, -0.2) is 55.6 Å². The molecule has 2 fully saturated rings. The molecule has 2 aliphatic heterocycles. The summed E-state index contributed by atoms with van der Waals surface area (Å²) in [6, 6.07) is 7.41. The SMILES string of the molecule is C[C@@H]1NC(=O)C2(CCCCOCCNC1=O)CCN(Cc1ccc(Cl)cc1)CC2. The number of piperidine rings is 1. The minimum atomic E-state index is -0.535. The van der Waals surface area contributed by atoms with Crippen molar-refractivity contribution in [2.75, 3.05) is 32.8 Å². The summed E-state index contributed by atoms with van der Waals surface area (Å²) in [6.45, 7) is 6.01. The molecule has 1 atom stereocenters. The van der Waals surface area contributed by atoms with E-state index in [0.717, 1.165) is 56.8 Å². The number of likely N-dealkylation sites (tertiary alicyclic amines) is 1. The van der Waals surface area contributed by atoms with E-state index in [2.05, 4.69) is 27.7 Å². The van der Waals surface area contributed by atoms with Crippen molar-refractivity contribution >= 4 is 23.4 Å². The molecule has 7 heteroatoms. The minimum absolute atomic E-state index is 0.0199. The number of ether oxygens (including phenoxy) is 1. The number of halogens is 1. The van der Waals surface area contributed by atoms with Gasteiger partial charge in [0.25, 0.3) is 0 Å². The van der Waals surface area contributed by atoms with Crippen molar-refractivity contribution < 1.29 is 14.3 Å². The number of hydrogen-bond donors (Lipinski definition) is 2. The van der Waals surface area contributed by atoms with Crippen LogP contribution >= 0.6 is 11.6 Å². The molecule has 2 heterocycles.